The van der Waals surface area contributed by atoms with Crippen LogP contribution in [0.15, 0.2) is 48.5 Å². The minimum absolute atomic E-state index is 0.0347. The molecule has 0 spiro atoms. The van der Waals surface area contributed by atoms with Crippen LogP contribution in [0.1, 0.15) is 20.7 Å². The molecule has 1 atom stereocenters. The lowest BCUT2D eigenvalue weighted by Gasteiger charge is -2.05. The Balaban J connectivity index is 0.000000172. The summed E-state index contributed by atoms with van der Waals surface area (Å²) in [5.41, 5.74) is 0.917. The Kier molecular flexibility index (Phi) is 5.68. The van der Waals surface area contributed by atoms with Gasteiger partial charge in [0.25, 0.3) is 0 Å². The lowest BCUT2D eigenvalue weighted by atomic mass is 10.2. The Morgan fingerprint density at radius 2 is 1.64 bits per heavy atom. The molecule has 114 valence electrons. The molecule has 2 aromatic rings. The van der Waals surface area contributed by atoms with Crippen LogP contribution in [-0.4, -0.2) is 37.0 Å². The van der Waals surface area contributed by atoms with E-state index in [9.17, 15) is 9.59 Å². The summed E-state index contributed by atoms with van der Waals surface area (Å²) in [4.78, 5) is 20.6. The number of hydrogen-bond acceptors (Lipinski definition) is 5. The van der Waals surface area contributed by atoms with Gasteiger partial charge in [0.05, 0.1) is 17.7 Å². The first-order valence-corrected chi connectivity index (χ1v) is 6.76. The van der Waals surface area contributed by atoms with E-state index in [2.05, 4.69) is 0 Å². The van der Waals surface area contributed by atoms with Crippen LogP contribution < -0.4 is 4.74 Å². The summed E-state index contributed by atoms with van der Waals surface area (Å²) in [7, 11) is 0. The van der Waals surface area contributed by atoms with E-state index in [1.165, 1.54) is 6.07 Å². The van der Waals surface area contributed by atoms with E-state index in [4.69, 9.17) is 14.6 Å². The van der Waals surface area contributed by atoms with Crippen molar-refractivity contribution in [3.05, 3.63) is 59.7 Å². The number of benzene rings is 2. The Bertz CT molecular complexity index is 634. The first-order chi connectivity index (χ1) is 10.7. The summed E-state index contributed by atoms with van der Waals surface area (Å²) in [6, 6.07) is 13.6. The molecule has 0 aromatic heterocycles. The van der Waals surface area contributed by atoms with Crippen LogP contribution in [0.2, 0.25) is 0 Å². The van der Waals surface area contributed by atoms with Crippen LogP contribution in [0, 0.1) is 0 Å². The van der Waals surface area contributed by atoms with E-state index in [1.807, 2.05) is 12.1 Å². The number of carbonyl (C=O) groups excluding carboxylic acids is 2. The molecule has 0 aliphatic carbocycles. The maximum absolute atomic E-state index is 10.6. The van der Waals surface area contributed by atoms with Crippen molar-refractivity contribution in [3.63, 3.8) is 0 Å². The van der Waals surface area contributed by atoms with Crippen molar-refractivity contribution in [2.45, 2.75) is 6.10 Å². The predicted octanol–water partition coefficient (Wildman–Crippen LogP) is 2.48. The zero-order chi connectivity index (χ0) is 15.8. The molecule has 0 amide bonds. The first kappa shape index (κ1) is 15.7. The normalized spacial score (nSPS) is 15.2. The summed E-state index contributed by atoms with van der Waals surface area (Å²) in [6.45, 7) is 1.30. The van der Waals surface area contributed by atoms with Crippen molar-refractivity contribution in [2.24, 2.45) is 0 Å². The third-order valence-corrected chi connectivity index (χ3v) is 2.94. The molecule has 0 unspecified atom stereocenters. The molecule has 1 aliphatic rings. The molecule has 5 heteroatoms. The van der Waals surface area contributed by atoms with Gasteiger partial charge in [-0.1, -0.05) is 24.3 Å². The second-order valence-corrected chi connectivity index (χ2v) is 4.60. The Hall–Kier alpha value is -2.66. The van der Waals surface area contributed by atoms with Gasteiger partial charge in [0.1, 0.15) is 24.2 Å². The minimum atomic E-state index is 0.0347. The third-order valence-electron chi connectivity index (χ3n) is 2.94. The summed E-state index contributed by atoms with van der Waals surface area (Å²) >= 11 is 0. The van der Waals surface area contributed by atoms with E-state index < -0.39 is 0 Å². The summed E-state index contributed by atoms with van der Waals surface area (Å²) < 4.78 is 10.4. The zero-order valence-electron chi connectivity index (χ0n) is 11.8. The summed E-state index contributed by atoms with van der Waals surface area (Å²) in [5, 5.41) is 8.88. The number of aromatic hydroxyl groups is 1. The predicted molar refractivity (Wildman–Crippen MR) is 80.6 cm³/mol. The molecule has 5 nitrogen and oxygen atoms in total. The molecular weight excluding hydrogens is 284 g/mol. The highest BCUT2D eigenvalue weighted by Crippen LogP contribution is 2.18. The highest BCUT2D eigenvalue weighted by atomic mass is 16.6. The van der Waals surface area contributed by atoms with Crippen LogP contribution in [0.3, 0.4) is 0 Å². The van der Waals surface area contributed by atoms with Crippen LogP contribution in [0.25, 0.3) is 0 Å². The third kappa shape index (κ3) is 4.71. The smallest absolute Gasteiger partial charge is 0.153 e. The van der Waals surface area contributed by atoms with Gasteiger partial charge in [-0.05, 0) is 24.3 Å². The van der Waals surface area contributed by atoms with Gasteiger partial charge in [0, 0.05) is 0 Å². The lowest BCUT2D eigenvalue weighted by Crippen LogP contribution is -2.05. The highest BCUT2D eigenvalue weighted by Gasteiger charge is 2.23. The maximum Gasteiger partial charge on any atom is 0.153 e. The Morgan fingerprint density at radius 3 is 2.18 bits per heavy atom. The molecule has 1 heterocycles. The lowest BCUT2D eigenvalue weighted by molar-refractivity contribution is 0.111. The monoisotopic (exact) mass is 300 g/mol. The number of para-hydroxylation sites is 2. The molecule has 3 rings (SSSR count). The second kappa shape index (κ2) is 7.95. The minimum Gasteiger partial charge on any atom is -0.507 e. The van der Waals surface area contributed by atoms with Gasteiger partial charge in [-0.2, -0.15) is 0 Å². The maximum atomic E-state index is 10.6. The number of phenolic OH excluding ortho intramolecular Hbond substituents is 1. The van der Waals surface area contributed by atoms with E-state index in [0.29, 0.717) is 29.8 Å². The largest absolute Gasteiger partial charge is 0.507 e. The van der Waals surface area contributed by atoms with E-state index in [1.54, 1.807) is 30.3 Å². The van der Waals surface area contributed by atoms with Crippen LogP contribution in [0.4, 0.5) is 0 Å². The van der Waals surface area contributed by atoms with Crippen molar-refractivity contribution < 1.29 is 24.2 Å². The molecule has 22 heavy (non-hydrogen) atoms. The Morgan fingerprint density at radius 1 is 1.05 bits per heavy atom. The molecule has 1 N–H and O–H groups in total. The van der Waals surface area contributed by atoms with E-state index in [-0.39, 0.29) is 11.9 Å². The average Bonchev–Trinajstić information content (AvgIpc) is 3.38. The van der Waals surface area contributed by atoms with E-state index in [0.717, 1.165) is 12.9 Å². The van der Waals surface area contributed by atoms with Crippen LogP contribution >= 0.6 is 0 Å². The van der Waals surface area contributed by atoms with Crippen molar-refractivity contribution in [3.8, 4) is 11.5 Å². The van der Waals surface area contributed by atoms with Crippen LogP contribution in [0.5, 0.6) is 11.5 Å². The number of rotatable bonds is 5. The standard InChI is InChI=1S/C10H10O3.C7H6O2/c11-5-8-3-1-2-4-10(8)13-7-9-6-12-9;8-5-6-3-1-2-4-7(6)9/h1-5,9H,6-7H2;1-5,9H/t9-;/m0./s1. The average molecular weight is 300 g/mol. The number of aldehydes is 2. The molecule has 1 aliphatic heterocycles. The molecule has 1 saturated heterocycles. The number of ether oxygens (including phenoxy) is 2. The highest BCUT2D eigenvalue weighted by molar-refractivity contribution is 5.79. The fraction of sp³-hybridized carbons (Fsp3) is 0.176. The fourth-order valence-corrected chi connectivity index (χ4v) is 1.64. The fourth-order valence-electron chi connectivity index (χ4n) is 1.64. The van der Waals surface area contributed by atoms with Gasteiger partial charge in [0.15, 0.2) is 12.6 Å². The molecule has 1 fully saturated rings. The van der Waals surface area contributed by atoms with Gasteiger partial charge in [-0.3, -0.25) is 9.59 Å². The summed E-state index contributed by atoms with van der Waals surface area (Å²) in [6.07, 6.45) is 1.64. The first-order valence-electron chi connectivity index (χ1n) is 6.76. The SMILES string of the molecule is O=Cc1ccccc1O.O=Cc1ccccc1OC[C@@H]1CO1. The molecule has 0 radical (unpaired) electrons. The van der Waals surface area contributed by atoms with Gasteiger partial charge in [-0.25, -0.2) is 0 Å². The second-order valence-electron chi connectivity index (χ2n) is 4.60. The van der Waals surface area contributed by atoms with Crippen molar-refractivity contribution in [1.29, 1.82) is 0 Å². The Labute approximate surface area is 128 Å². The molecule has 2 aromatic carbocycles. The molecular formula is C17H16O5. The van der Waals surface area contributed by atoms with Crippen molar-refractivity contribution >= 4 is 12.6 Å². The van der Waals surface area contributed by atoms with Crippen LogP contribution in [-0.2, 0) is 4.74 Å². The van der Waals surface area contributed by atoms with Gasteiger partial charge in [0.2, 0.25) is 0 Å². The van der Waals surface area contributed by atoms with Gasteiger partial charge >= 0.3 is 0 Å². The number of phenols is 1. The zero-order valence-corrected chi connectivity index (χ0v) is 11.8. The topological polar surface area (TPSA) is 76.1 Å². The number of epoxide rings is 1. The van der Waals surface area contributed by atoms with Gasteiger partial charge in [-0.15, -0.1) is 0 Å². The molecule has 0 bridgehead atoms. The molecule has 0 saturated carbocycles. The van der Waals surface area contributed by atoms with E-state index >= 15 is 0 Å². The quantitative estimate of drug-likeness (QED) is 0.678. The number of hydrogen-bond donors (Lipinski definition) is 1. The van der Waals surface area contributed by atoms with Gasteiger partial charge < -0.3 is 14.6 Å². The summed E-state index contributed by atoms with van der Waals surface area (Å²) in [5.74, 6) is 0.667. The van der Waals surface area contributed by atoms with Crippen molar-refractivity contribution in [2.75, 3.05) is 13.2 Å². The number of carbonyl (C=O) groups is 2. The van der Waals surface area contributed by atoms with Crippen molar-refractivity contribution in [1.82, 2.24) is 0 Å².